The summed E-state index contributed by atoms with van der Waals surface area (Å²) in [5.74, 6) is 1.86. The molecule has 0 saturated heterocycles. The van der Waals surface area contributed by atoms with E-state index in [1.807, 2.05) is 23.7 Å². The van der Waals surface area contributed by atoms with E-state index in [2.05, 4.69) is 29.0 Å². The van der Waals surface area contributed by atoms with Gasteiger partial charge < -0.3 is 0 Å². The van der Waals surface area contributed by atoms with Crippen molar-refractivity contribution in [2.75, 3.05) is 5.75 Å². The van der Waals surface area contributed by atoms with Crippen LogP contribution in [-0.4, -0.2) is 17.1 Å². The lowest BCUT2D eigenvalue weighted by molar-refractivity contribution is 0.818. The van der Waals surface area contributed by atoms with Crippen molar-refractivity contribution in [3.63, 3.8) is 0 Å². The van der Waals surface area contributed by atoms with Gasteiger partial charge in [-0.2, -0.15) is 0 Å². The molecule has 0 radical (unpaired) electrons. The number of thioether (sulfide) groups is 1. The smallest absolute Gasteiger partial charge is 0.134 e. The van der Waals surface area contributed by atoms with Gasteiger partial charge in [-0.3, -0.25) is 4.99 Å². The quantitative estimate of drug-likeness (QED) is 0.727. The first-order chi connectivity index (χ1) is 6.86. The van der Waals surface area contributed by atoms with Crippen LogP contribution in [-0.2, 0) is 0 Å². The lowest BCUT2D eigenvalue weighted by Gasteiger charge is -2.06. The molecule has 1 atom stereocenters. The third kappa shape index (κ3) is 2.23. The molecule has 1 aromatic carbocycles. The molecular weight excluding hydrogens is 192 g/mol. The molecule has 0 aromatic heterocycles. The van der Waals surface area contributed by atoms with Crippen LogP contribution in [0.15, 0.2) is 40.3 Å². The molecule has 1 aromatic rings. The van der Waals surface area contributed by atoms with Crippen LogP contribution in [0.2, 0.25) is 0 Å². The van der Waals surface area contributed by atoms with Gasteiger partial charge in [0.25, 0.3) is 0 Å². The van der Waals surface area contributed by atoms with Crippen molar-refractivity contribution in [1.82, 2.24) is 0 Å². The normalized spacial score (nSPS) is 20.2. The molecule has 72 valence electrons. The Morgan fingerprint density at radius 2 is 2.14 bits per heavy atom. The highest BCUT2D eigenvalue weighted by Crippen LogP contribution is 2.18. The Kier molecular flexibility index (Phi) is 2.99. The fourth-order valence-electron chi connectivity index (χ4n) is 1.35. The largest absolute Gasteiger partial charge is 0.262 e. The van der Waals surface area contributed by atoms with E-state index in [1.54, 1.807) is 11.8 Å². The number of amidine groups is 1. The Bertz CT molecular complexity index is 357. The molecule has 1 aliphatic rings. The summed E-state index contributed by atoms with van der Waals surface area (Å²) in [5, 5.41) is 0. The first kappa shape index (κ1) is 9.46. The Labute approximate surface area is 88.2 Å². The molecule has 0 spiro atoms. The highest BCUT2D eigenvalue weighted by atomic mass is 32.2. The van der Waals surface area contributed by atoms with Crippen molar-refractivity contribution in [2.24, 2.45) is 9.98 Å². The van der Waals surface area contributed by atoms with Crippen molar-refractivity contribution in [3.8, 4) is 0 Å². The van der Waals surface area contributed by atoms with E-state index in [9.17, 15) is 0 Å². The average Bonchev–Trinajstić information content (AvgIpc) is 2.72. The van der Waals surface area contributed by atoms with E-state index in [0.29, 0.717) is 0 Å². The molecule has 0 aliphatic carbocycles. The average molecular weight is 204 g/mol. The third-order valence-corrected chi connectivity index (χ3v) is 2.79. The van der Waals surface area contributed by atoms with Crippen molar-refractivity contribution < 1.29 is 0 Å². The fourth-order valence-corrected chi connectivity index (χ4v) is 1.92. The Morgan fingerprint density at radius 3 is 2.79 bits per heavy atom. The molecule has 2 rings (SSSR count). The van der Waals surface area contributed by atoms with E-state index in [-0.39, 0.29) is 6.04 Å². The Hall–Kier alpha value is -1.09. The van der Waals surface area contributed by atoms with E-state index < -0.39 is 0 Å². The van der Waals surface area contributed by atoms with Gasteiger partial charge in [-0.15, -0.1) is 11.8 Å². The number of benzene rings is 1. The van der Waals surface area contributed by atoms with Gasteiger partial charge in [-0.05, 0) is 12.5 Å². The minimum absolute atomic E-state index is 0.210. The molecule has 0 amide bonds. The topological polar surface area (TPSA) is 24.7 Å². The minimum Gasteiger partial charge on any atom is -0.262 e. The van der Waals surface area contributed by atoms with Crippen LogP contribution in [0.1, 0.15) is 18.5 Å². The zero-order chi connectivity index (χ0) is 9.80. The van der Waals surface area contributed by atoms with Crippen molar-refractivity contribution >= 4 is 23.1 Å². The summed E-state index contributed by atoms with van der Waals surface area (Å²) in [6.45, 7) is 2.10. The van der Waals surface area contributed by atoms with Gasteiger partial charge in [0.1, 0.15) is 5.84 Å². The maximum Gasteiger partial charge on any atom is 0.134 e. The lowest BCUT2D eigenvalue weighted by atomic mass is 10.1. The third-order valence-electron chi connectivity index (χ3n) is 2.11. The van der Waals surface area contributed by atoms with E-state index >= 15 is 0 Å². The summed E-state index contributed by atoms with van der Waals surface area (Å²) in [7, 11) is 0. The van der Waals surface area contributed by atoms with Crippen LogP contribution in [0.4, 0.5) is 0 Å². The molecule has 1 heterocycles. The van der Waals surface area contributed by atoms with Crippen molar-refractivity contribution in [1.29, 1.82) is 0 Å². The van der Waals surface area contributed by atoms with Crippen LogP contribution in [0.5, 0.6) is 0 Å². The van der Waals surface area contributed by atoms with Crippen LogP contribution < -0.4 is 0 Å². The summed E-state index contributed by atoms with van der Waals surface area (Å²) in [6.07, 6.45) is 0. The molecule has 0 unspecified atom stereocenters. The van der Waals surface area contributed by atoms with Crippen LogP contribution >= 0.6 is 11.8 Å². The first-order valence-corrected chi connectivity index (χ1v) is 5.67. The zero-order valence-corrected chi connectivity index (χ0v) is 8.87. The molecule has 2 nitrogen and oxygen atoms in total. The van der Waals surface area contributed by atoms with Gasteiger partial charge in [0, 0.05) is 0 Å². The van der Waals surface area contributed by atoms with E-state index in [4.69, 9.17) is 0 Å². The lowest BCUT2D eigenvalue weighted by Crippen LogP contribution is -1.97. The van der Waals surface area contributed by atoms with E-state index in [1.165, 1.54) is 5.56 Å². The van der Waals surface area contributed by atoms with Gasteiger partial charge in [0.2, 0.25) is 0 Å². The molecule has 14 heavy (non-hydrogen) atoms. The van der Waals surface area contributed by atoms with Gasteiger partial charge in [-0.1, -0.05) is 30.3 Å². The summed E-state index contributed by atoms with van der Waals surface area (Å²) >= 11 is 1.70. The molecule has 3 heteroatoms. The van der Waals surface area contributed by atoms with E-state index in [0.717, 1.165) is 11.6 Å². The fraction of sp³-hybridized carbons (Fsp3) is 0.273. The maximum atomic E-state index is 4.54. The number of rotatable bonds is 2. The molecular formula is C11H12N2S. The molecule has 0 saturated carbocycles. The van der Waals surface area contributed by atoms with Gasteiger partial charge >= 0.3 is 0 Å². The number of hydrogen-bond donors (Lipinski definition) is 0. The summed E-state index contributed by atoms with van der Waals surface area (Å²) < 4.78 is 0. The van der Waals surface area contributed by atoms with Crippen molar-refractivity contribution in [3.05, 3.63) is 35.9 Å². The second-order valence-corrected chi connectivity index (χ2v) is 4.01. The highest BCUT2D eigenvalue weighted by molar-refractivity contribution is 8.13. The standard InChI is InChI=1S/C11H12N2S/c1-9(10-5-3-2-4-6-10)13-11-7-14-8-12-11/h2-6,8-9H,7H2,1H3/t9-/m0/s1. The summed E-state index contributed by atoms with van der Waals surface area (Å²) in [6, 6.07) is 10.5. The van der Waals surface area contributed by atoms with Gasteiger partial charge in [0.15, 0.2) is 0 Å². The zero-order valence-electron chi connectivity index (χ0n) is 8.05. The predicted molar refractivity (Wildman–Crippen MR) is 63.2 cm³/mol. The summed E-state index contributed by atoms with van der Waals surface area (Å²) in [5.41, 5.74) is 3.10. The molecule has 0 fully saturated rings. The monoisotopic (exact) mass is 204 g/mol. The SMILES string of the molecule is C[C@H](N=C1CSC=N1)c1ccccc1. The van der Waals surface area contributed by atoms with Gasteiger partial charge in [-0.25, -0.2) is 4.99 Å². The molecule has 1 aliphatic heterocycles. The van der Waals surface area contributed by atoms with Crippen LogP contribution in [0.25, 0.3) is 0 Å². The Balaban J connectivity index is 2.13. The molecule has 0 N–H and O–H groups in total. The second kappa shape index (κ2) is 4.42. The highest BCUT2D eigenvalue weighted by Gasteiger charge is 2.07. The maximum absolute atomic E-state index is 4.54. The second-order valence-electron chi connectivity index (χ2n) is 3.18. The van der Waals surface area contributed by atoms with Gasteiger partial charge in [0.05, 0.1) is 17.3 Å². The minimum atomic E-state index is 0.210. The predicted octanol–water partition coefficient (Wildman–Crippen LogP) is 2.92. The number of aliphatic imine (C=N–C) groups is 2. The molecule has 0 bridgehead atoms. The first-order valence-electron chi connectivity index (χ1n) is 4.62. The Morgan fingerprint density at radius 1 is 1.36 bits per heavy atom. The number of hydrogen-bond acceptors (Lipinski definition) is 2. The van der Waals surface area contributed by atoms with Crippen LogP contribution in [0, 0.1) is 0 Å². The number of nitrogens with zero attached hydrogens (tertiary/aromatic N) is 2. The van der Waals surface area contributed by atoms with Crippen molar-refractivity contribution in [2.45, 2.75) is 13.0 Å². The summed E-state index contributed by atoms with van der Waals surface area (Å²) in [4.78, 5) is 8.73. The van der Waals surface area contributed by atoms with Crippen LogP contribution in [0.3, 0.4) is 0 Å².